The van der Waals surface area contributed by atoms with E-state index in [1.54, 1.807) is 6.92 Å². The van der Waals surface area contributed by atoms with Gasteiger partial charge >= 0.3 is 0 Å². The summed E-state index contributed by atoms with van der Waals surface area (Å²) in [5.74, 6) is -1.22. The Balaban J connectivity index is 1.94. The Morgan fingerprint density at radius 1 is 1.25 bits per heavy atom. The third kappa shape index (κ3) is 2.96. The van der Waals surface area contributed by atoms with Crippen LogP contribution in [0.4, 0.5) is 0 Å². The lowest BCUT2D eigenvalue weighted by Crippen LogP contribution is -2.43. The molecule has 1 aromatic rings. The van der Waals surface area contributed by atoms with Crippen molar-refractivity contribution in [3.05, 3.63) is 17.7 Å². The van der Waals surface area contributed by atoms with Crippen LogP contribution in [-0.2, 0) is 11.3 Å². The average Bonchev–Trinajstić information content (AvgIpc) is 2.97. The third-order valence-electron chi connectivity index (χ3n) is 3.60. The minimum absolute atomic E-state index is 0.0463. The van der Waals surface area contributed by atoms with Crippen molar-refractivity contribution in [1.82, 2.24) is 10.2 Å². The van der Waals surface area contributed by atoms with Crippen LogP contribution in [0.15, 0.2) is 12.1 Å². The molecule has 1 aliphatic heterocycles. The van der Waals surface area contributed by atoms with E-state index < -0.39 is 5.75 Å². The number of nitrogens with one attached hydrogen (secondary N) is 1. The van der Waals surface area contributed by atoms with E-state index in [0.29, 0.717) is 5.56 Å². The SMILES string of the molecule is CC(NCc1ccc(O)c(O)c1O)C(=O)N1CCCC1. The molecule has 0 spiro atoms. The molecule has 0 aromatic heterocycles. The van der Waals surface area contributed by atoms with Crippen molar-refractivity contribution in [2.45, 2.75) is 32.4 Å². The van der Waals surface area contributed by atoms with E-state index in [0.717, 1.165) is 25.9 Å². The van der Waals surface area contributed by atoms with Gasteiger partial charge in [0.25, 0.3) is 0 Å². The number of aromatic hydroxyl groups is 3. The first-order valence-electron chi connectivity index (χ1n) is 6.75. The molecule has 1 unspecified atom stereocenters. The quantitative estimate of drug-likeness (QED) is 0.615. The molecule has 0 aliphatic carbocycles. The van der Waals surface area contributed by atoms with E-state index in [2.05, 4.69) is 5.32 Å². The summed E-state index contributed by atoms with van der Waals surface area (Å²) in [4.78, 5) is 13.9. The highest BCUT2D eigenvalue weighted by molar-refractivity contribution is 5.81. The van der Waals surface area contributed by atoms with Crippen LogP contribution in [0.2, 0.25) is 0 Å². The molecule has 0 radical (unpaired) electrons. The van der Waals surface area contributed by atoms with Gasteiger partial charge in [0.1, 0.15) is 0 Å². The van der Waals surface area contributed by atoms with Gasteiger partial charge in [-0.05, 0) is 25.8 Å². The molecular weight excluding hydrogens is 260 g/mol. The van der Waals surface area contributed by atoms with Crippen LogP contribution in [0.25, 0.3) is 0 Å². The number of rotatable bonds is 4. The molecule has 110 valence electrons. The summed E-state index contributed by atoms with van der Waals surface area (Å²) in [7, 11) is 0. The standard InChI is InChI=1S/C14H20N2O4/c1-9(14(20)16-6-2-3-7-16)15-8-10-4-5-11(17)13(19)12(10)18/h4-5,9,15,17-19H,2-3,6-8H2,1H3. The molecule has 1 aromatic carbocycles. The number of phenols is 3. The predicted octanol–water partition coefficient (Wildman–Crippen LogP) is 0.904. The minimum Gasteiger partial charge on any atom is -0.504 e. The van der Waals surface area contributed by atoms with Gasteiger partial charge in [0.15, 0.2) is 11.5 Å². The molecule has 1 aliphatic rings. The van der Waals surface area contributed by atoms with Crippen LogP contribution >= 0.6 is 0 Å². The number of likely N-dealkylation sites (tertiary alicyclic amines) is 1. The Hall–Kier alpha value is -1.95. The van der Waals surface area contributed by atoms with Crippen molar-refractivity contribution < 1.29 is 20.1 Å². The molecule has 0 bridgehead atoms. The monoisotopic (exact) mass is 280 g/mol. The lowest BCUT2D eigenvalue weighted by atomic mass is 10.1. The summed E-state index contributed by atoms with van der Waals surface area (Å²) in [5, 5.41) is 31.4. The van der Waals surface area contributed by atoms with Gasteiger partial charge in [0.2, 0.25) is 11.7 Å². The van der Waals surface area contributed by atoms with Crippen molar-refractivity contribution in [3.8, 4) is 17.2 Å². The van der Waals surface area contributed by atoms with Crippen LogP contribution < -0.4 is 5.32 Å². The molecule has 1 saturated heterocycles. The molecule has 6 nitrogen and oxygen atoms in total. The Morgan fingerprint density at radius 2 is 1.90 bits per heavy atom. The molecule has 0 saturated carbocycles. The maximum absolute atomic E-state index is 12.1. The number of benzene rings is 1. The second kappa shape index (κ2) is 6.00. The number of amides is 1. The fourth-order valence-corrected chi connectivity index (χ4v) is 2.32. The Bertz CT molecular complexity index is 498. The maximum Gasteiger partial charge on any atom is 0.239 e. The molecular formula is C14H20N2O4. The van der Waals surface area contributed by atoms with Crippen LogP contribution in [0, 0.1) is 0 Å². The highest BCUT2D eigenvalue weighted by Crippen LogP contribution is 2.36. The number of phenolic OH excluding ortho intramolecular Hbond substituents is 3. The van der Waals surface area contributed by atoms with Gasteiger partial charge in [-0.25, -0.2) is 0 Å². The van der Waals surface area contributed by atoms with Gasteiger partial charge in [0.05, 0.1) is 6.04 Å². The normalized spacial score (nSPS) is 16.4. The van der Waals surface area contributed by atoms with Gasteiger partial charge in [-0.3, -0.25) is 4.79 Å². The zero-order valence-corrected chi connectivity index (χ0v) is 11.5. The van der Waals surface area contributed by atoms with E-state index in [1.165, 1.54) is 12.1 Å². The summed E-state index contributed by atoms with van der Waals surface area (Å²) in [6.45, 7) is 3.62. The highest BCUT2D eigenvalue weighted by Gasteiger charge is 2.23. The van der Waals surface area contributed by atoms with E-state index >= 15 is 0 Å². The fraction of sp³-hybridized carbons (Fsp3) is 0.500. The minimum atomic E-state index is -0.539. The van der Waals surface area contributed by atoms with E-state index in [9.17, 15) is 20.1 Å². The molecule has 4 N–H and O–H groups in total. The summed E-state index contributed by atoms with van der Waals surface area (Å²) in [5.41, 5.74) is 0.432. The zero-order chi connectivity index (χ0) is 14.7. The Morgan fingerprint density at radius 3 is 2.55 bits per heavy atom. The largest absolute Gasteiger partial charge is 0.504 e. The fourth-order valence-electron chi connectivity index (χ4n) is 2.32. The second-order valence-electron chi connectivity index (χ2n) is 5.08. The van der Waals surface area contributed by atoms with Crippen molar-refractivity contribution in [2.24, 2.45) is 0 Å². The summed E-state index contributed by atoms with van der Waals surface area (Å²) >= 11 is 0. The predicted molar refractivity (Wildman–Crippen MR) is 73.6 cm³/mol. The van der Waals surface area contributed by atoms with Crippen molar-refractivity contribution in [1.29, 1.82) is 0 Å². The van der Waals surface area contributed by atoms with E-state index in [-0.39, 0.29) is 30.0 Å². The van der Waals surface area contributed by atoms with Gasteiger partial charge in [-0.15, -0.1) is 0 Å². The Labute approximate surface area is 117 Å². The van der Waals surface area contributed by atoms with Crippen molar-refractivity contribution >= 4 is 5.91 Å². The van der Waals surface area contributed by atoms with Crippen molar-refractivity contribution in [2.75, 3.05) is 13.1 Å². The molecule has 1 fully saturated rings. The van der Waals surface area contributed by atoms with Crippen LogP contribution in [0.3, 0.4) is 0 Å². The lowest BCUT2D eigenvalue weighted by molar-refractivity contribution is -0.131. The van der Waals surface area contributed by atoms with E-state index in [1.807, 2.05) is 4.90 Å². The maximum atomic E-state index is 12.1. The van der Waals surface area contributed by atoms with Gasteiger partial charge in [0, 0.05) is 25.2 Å². The van der Waals surface area contributed by atoms with Gasteiger partial charge in [-0.1, -0.05) is 6.07 Å². The highest BCUT2D eigenvalue weighted by atomic mass is 16.3. The molecule has 20 heavy (non-hydrogen) atoms. The zero-order valence-electron chi connectivity index (χ0n) is 11.5. The molecule has 1 amide bonds. The first kappa shape index (κ1) is 14.5. The average molecular weight is 280 g/mol. The number of nitrogens with zero attached hydrogens (tertiary/aromatic N) is 1. The number of hydrogen-bond donors (Lipinski definition) is 4. The lowest BCUT2D eigenvalue weighted by Gasteiger charge is -2.21. The smallest absolute Gasteiger partial charge is 0.239 e. The van der Waals surface area contributed by atoms with E-state index in [4.69, 9.17) is 0 Å². The molecule has 6 heteroatoms. The number of carbonyl (C=O) groups is 1. The van der Waals surface area contributed by atoms with Crippen LogP contribution in [0.1, 0.15) is 25.3 Å². The third-order valence-corrected chi connectivity index (χ3v) is 3.60. The number of hydrogen-bond acceptors (Lipinski definition) is 5. The molecule has 2 rings (SSSR count). The summed E-state index contributed by atoms with van der Waals surface area (Å²) in [6.07, 6.45) is 2.09. The molecule has 1 heterocycles. The summed E-state index contributed by atoms with van der Waals surface area (Å²) < 4.78 is 0. The molecule has 1 atom stereocenters. The Kier molecular flexibility index (Phi) is 4.34. The summed E-state index contributed by atoms with van der Waals surface area (Å²) in [6, 6.07) is 2.45. The van der Waals surface area contributed by atoms with Crippen LogP contribution in [-0.4, -0.2) is 45.3 Å². The number of carbonyl (C=O) groups excluding carboxylic acids is 1. The first-order chi connectivity index (χ1) is 9.50. The second-order valence-corrected chi connectivity index (χ2v) is 5.08. The van der Waals surface area contributed by atoms with Crippen LogP contribution in [0.5, 0.6) is 17.2 Å². The topological polar surface area (TPSA) is 93.0 Å². The van der Waals surface area contributed by atoms with Gasteiger partial charge in [-0.2, -0.15) is 0 Å². The van der Waals surface area contributed by atoms with Gasteiger partial charge < -0.3 is 25.5 Å². The first-order valence-corrected chi connectivity index (χ1v) is 6.75. The van der Waals surface area contributed by atoms with Crippen molar-refractivity contribution in [3.63, 3.8) is 0 Å².